The molecule has 2 unspecified atom stereocenters. The smallest absolute Gasteiger partial charge is 0.408 e. The predicted molar refractivity (Wildman–Crippen MR) is 135 cm³/mol. The average Bonchev–Trinajstić information content (AvgIpc) is 2.84. The molecule has 0 saturated carbocycles. The Morgan fingerprint density at radius 3 is 2.06 bits per heavy atom. The van der Waals surface area contributed by atoms with E-state index in [1.165, 1.54) is 12.0 Å². The summed E-state index contributed by atoms with van der Waals surface area (Å²) in [5.41, 5.74) is 0.634. The van der Waals surface area contributed by atoms with Gasteiger partial charge in [0.15, 0.2) is 0 Å². The maximum Gasteiger partial charge on any atom is 0.408 e. The van der Waals surface area contributed by atoms with Crippen LogP contribution in [0.25, 0.3) is 0 Å². The summed E-state index contributed by atoms with van der Waals surface area (Å²) < 4.78 is 10.0. The van der Waals surface area contributed by atoms with E-state index < -0.39 is 41.6 Å². The van der Waals surface area contributed by atoms with Gasteiger partial charge in [-0.15, -0.1) is 0 Å². The Hall–Kier alpha value is -3.88. The van der Waals surface area contributed by atoms with Gasteiger partial charge in [0, 0.05) is 13.0 Å². The highest BCUT2D eigenvalue weighted by atomic mass is 16.6. The molecule has 0 aliphatic heterocycles. The minimum absolute atomic E-state index is 0.172. The van der Waals surface area contributed by atoms with Crippen molar-refractivity contribution in [1.82, 2.24) is 15.5 Å². The van der Waals surface area contributed by atoms with Crippen molar-refractivity contribution in [3.05, 3.63) is 71.8 Å². The second-order valence-corrected chi connectivity index (χ2v) is 9.12. The Morgan fingerprint density at radius 2 is 1.53 bits per heavy atom. The third kappa shape index (κ3) is 8.72. The van der Waals surface area contributed by atoms with Crippen LogP contribution in [0.2, 0.25) is 0 Å². The summed E-state index contributed by atoms with van der Waals surface area (Å²) in [4.78, 5) is 52.7. The number of nitrogens with zero attached hydrogens (tertiary/aromatic N) is 1. The van der Waals surface area contributed by atoms with Crippen molar-refractivity contribution in [3.8, 4) is 0 Å². The second kappa shape index (κ2) is 13.3. The third-order valence-electron chi connectivity index (χ3n) is 5.21. The van der Waals surface area contributed by atoms with Crippen LogP contribution in [0, 0.1) is 0 Å². The second-order valence-electron chi connectivity index (χ2n) is 9.12. The van der Waals surface area contributed by atoms with E-state index >= 15 is 0 Å². The fraction of sp³-hybridized carbons (Fsp3) is 0.407. The topological polar surface area (TPSA) is 114 Å². The van der Waals surface area contributed by atoms with Crippen molar-refractivity contribution >= 4 is 23.9 Å². The molecular weight excluding hydrogens is 462 g/mol. The van der Waals surface area contributed by atoms with E-state index in [2.05, 4.69) is 15.4 Å². The van der Waals surface area contributed by atoms with Gasteiger partial charge in [-0.1, -0.05) is 60.7 Å². The van der Waals surface area contributed by atoms with Gasteiger partial charge in [-0.3, -0.25) is 14.4 Å². The van der Waals surface area contributed by atoms with Crippen LogP contribution < -0.4 is 10.6 Å². The van der Waals surface area contributed by atoms with Gasteiger partial charge in [0.2, 0.25) is 11.8 Å². The van der Waals surface area contributed by atoms with Gasteiger partial charge in [0.1, 0.15) is 24.2 Å². The normalized spacial score (nSPS) is 12.6. The number of alkyl carbamates (subject to hydrolysis) is 1. The molecule has 2 rings (SSSR count). The number of ether oxygens (including phenoxy) is 2. The van der Waals surface area contributed by atoms with E-state index in [0.29, 0.717) is 5.56 Å². The first-order chi connectivity index (χ1) is 17.1. The molecule has 3 amide bonds. The Kier molecular flexibility index (Phi) is 10.5. The maximum absolute atomic E-state index is 13.9. The molecule has 9 heteroatoms. The molecule has 0 aliphatic carbocycles. The molecular formula is C27H35N3O6. The molecule has 0 aliphatic rings. The molecule has 0 fully saturated rings. The molecule has 0 spiro atoms. The van der Waals surface area contributed by atoms with Crippen LogP contribution >= 0.6 is 0 Å². The summed E-state index contributed by atoms with van der Waals surface area (Å²) in [7, 11) is 1.22. The van der Waals surface area contributed by atoms with Crippen molar-refractivity contribution in [3.63, 3.8) is 0 Å². The molecule has 2 N–H and O–H groups in total. The van der Waals surface area contributed by atoms with Crippen LogP contribution in [0.5, 0.6) is 0 Å². The van der Waals surface area contributed by atoms with Crippen LogP contribution in [-0.2, 0) is 30.3 Å². The van der Waals surface area contributed by atoms with Gasteiger partial charge < -0.3 is 25.0 Å². The van der Waals surface area contributed by atoms with Crippen molar-refractivity contribution in [1.29, 1.82) is 0 Å². The van der Waals surface area contributed by atoms with E-state index in [-0.39, 0.29) is 19.5 Å². The molecule has 2 aromatic carbocycles. The van der Waals surface area contributed by atoms with Gasteiger partial charge in [-0.2, -0.15) is 0 Å². The lowest BCUT2D eigenvalue weighted by molar-refractivity contribution is -0.144. The lowest BCUT2D eigenvalue weighted by Crippen LogP contribution is -2.54. The first-order valence-electron chi connectivity index (χ1n) is 11.8. The molecule has 0 bridgehead atoms. The minimum atomic E-state index is -1.04. The molecule has 0 saturated heterocycles. The number of amides is 3. The van der Waals surface area contributed by atoms with Crippen LogP contribution in [0.3, 0.4) is 0 Å². The third-order valence-corrected chi connectivity index (χ3v) is 5.21. The Balaban J connectivity index is 2.40. The highest BCUT2D eigenvalue weighted by Gasteiger charge is 2.35. The summed E-state index contributed by atoms with van der Waals surface area (Å²) in [6, 6.07) is 16.0. The standard InChI is InChI=1S/C27H35N3O6/c1-6-30(23(20-15-11-8-12-16-20)24(32)28-18-22(31)35-5)25(33)21(17-19-13-9-7-10-14-19)29-26(34)36-27(2,3)4/h7-16,21,23H,6,17-18H2,1-5H3,(H,28,32)(H,29,34). The summed E-state index contributed by atoms with van der Waals surface area (Å²) in [5.74, 6) is -1.62. The van der Waals surface area contributed by atoms with Gasteiger partial charge in [0.25, 0.3) is 0 Å². The first-order valence-corrected chi connectivity index (χ1v) is 11.8. The SMILES string of the molecule is CCN(C(=O)C(Cc1ccccc1)NC(=O)OC(C)(C)C)C(C(=O)NCC(=O)OC)c1ccccc1. The number of methoxy groups -OCH3 is 1. The fourth-order valence-corrected chi connectivity index (χ4v) is 3.60. The fourth-order valence-electron chi connectivity index (χ4n) is 3.60. The number of rotatable bonds is 10. The Labute approximate surface area is 212 Å². The summed E-state index contributed by atoms with van der Waals surface area (Å²) in [5, 5.41) is 5.23. The zero-order valence-electron chi connectivity index (χ0n) is 21.4. The van der Waals surface area contributed by atoms with Gasteiger partial charge in [-0.05, 0) is 38.8 Å². The van der Waals surface area contributed by atoms with Gasteiger partial charge in [-0.25, -0.2) is 4.79 Å². The zero-order chi connectivity index (χ0) is 26.7. The molecule has 36 heavy (non-hydrogen) atoms. The van der Waals surface area contributed by atoms with Crippen LogP contribution in [0.15, 0.2) is 60.7 Å². The number of nitrogens with one attached hydrogen (secondary N) is 2. The number of esters is 1. The number of carbonyl (C=O) groups excluding carboxylic acids is 4. The maximum atomic E-state index is 13.9. The van der Waals surface area contributed by atoms with Crippen LogP contribution in [-0.4, -0.2) is 60.6 Å². The predicted octanol–water partition coefficient (Wildman–Crippen LogP) is 3.00. The molecule has 9 nitrogen and oxygen atoms in total. The monoisotopic (exact) mass is 497 g/mol. The molecule has 2 atom stereocenters. The van der Waals surface area contributed by atoms with Crippen molar-refractivity contribution in [2.45, 2.75) is 51.8 Å². The van der Waals surface area contributed by atoms with Crippen LogP contribution in [0.4, 0.5) is 4.79 Å². The Morgan fingerprint density at radius 1 is 0.944 bits per heavy atom. The summed E-state index contributed by atoms with van der Waals surface area (Å²) >= 11 is 0. The zero-order valence-corrected chi connectivity index (χ0v) is 21.4. The summed E-state index contributed by atoms with van der Waals surface area (Å²) in [6.45, 7) is 6.77. The lowest BCUT2D eigenvalue weighted by atomic mass is 10.0. The largest absolute Gasteiger partial charge is 0.468 e. The molecule has 0 heterocycles. The van der Waals surface area contributed by atoms with Crippen molar-refractivity contribution in [2.75, 3.05) is 20.2 Å². The van der Waals surface area contributed by atoms with E-state index in [4.69, 9.17) is 4.74 Å². The minimum Gasteiger partial charge on any atom is -0.468 e. The van der Waals surface area contributed by atoms with E-state index in [9.17, 15) is 19.2 Å². The van der Waals surface area contributed by atoms with Crippen molar-refractivity contribution < 1.29 is 28.7 Å². The average molecular weight is 498 g/mol. The molecule has 0 radical (unpaired) electrons. The number of benzene rings is 2. The van der Waals surface area contributed by atoms with E-state index in [1.807, 2.05) is 30.3 Å². The van der Waals surface area contributed by atoms with Gasteiger partial charge >= 0.3 is 12.1 Å². The molecule has 2 aromatic rings. The first kappa shape index (κ1) is 28.4. The highest BCUT2D eigenvalue weighted by molar-refractivity contribution is 5.93. The Bertz CT molecular complexity index is 1020. The van der Waals surface area contributed by atoms with E-state index in [1.54, 1.807) is 58.0 Å². The number of hydrogen-bond acceptors (Lipinski definition) is 6. The number of likely N-dealkylation sites (N-methyl/N-ethyl adjacent to an activating group) is 1. The molecule has 0 aromatic heterocycles. The number of hydrogen-bond donors (Lipinski definition) is 2. The van der Waals surface area contributed by atoms with Crippen LogP contribution in [0.1, 0.15) is 44.9 Å². The summed E-state index contributed by atoms with van der Waals surface area (Å²) in [6.07, 6.45) is -0.542. The molecule has 194 valence electrons. The quantitative estimate of drug-likeness (QED) is 0.488. The lowest BCUT2D eigenvalue weighted by Gasteiger charge is -2.33. The van der Waals surface area contributed by atoms with Crippen molar-refractivity contribution in [2.24, 2.45) is 0 Å². The highest BCUT2D eigenvalue weighted by Crippen LogP contribution is 2.23. The number of carbonyl (C=O) groups is 4. The van der Waals surface area contributed by atoms with Gasteiger partial charge in [0.05, 0.1) is 7.11 Å². The van der Waals surface area contributed by atoms with E-state index in [0.717, 1.165) is 5.56 Å².